The first-order chi connectivity index (χ1) is 9.22. The van der Waals surface area contributed by atoms with E-state index in [1.807, 2.05) is 4.68 Å². The van der Waals surface area contributed by atoms with Gasteiger partial charge in [-0.15, -0.1) is 5.10 Å². The van der Waals surface area contributed by atoms with Gasteiger partial charge in [0, 0.05) is 6.61 Å². The third kappa shape index (κ3) is 3.12. The predicted molar refractivity (Wildman–Crippen MR) is 68.3 cm³/mol. The smallest absolute Gasteiger partial charge is 0.223 e. The highest BCUT2D eigenvalue weighted by atomic mass is 16.5. The number of carbonyl (C=O) groups excluding carboxylic acids is 1. The first-order valence-corrected chi connectivity index (χ1v) is 7.03. The summed E-state index contributed by atoms with van der Waals surface area (Å²) in [5.74, 6) is 0.384. The van der Waals surface area contributed by atoms with Crippen LogP contribution in [-0.4, -0.2) is 33.6 Å². The highest BCUT2D eigenvalue weighted by molar-refractivity contribution is 5.76. The lowest BCUT2D eigenvalue weighted by Crippen LogP contribution is -2.19. The summed E-state index contributed by atoms with van der Waals surface area (Å²) < 4.78 is 7.57. The predicted octanol–water partition coefficient (Wildman–Crippen LogP) is 0.437. The van der Waals surface area contributed by atoms with Gasteiger partial charge in [0.05, 0.1) is 30.5 Å². The van der Waals surface area contributed by atoms with E-state index < -0.39 is 0 Å². The molecule has 2 N–H and O–H groups in total. The van der Waals surface area contributed by atoms with Crippen LogP contribution < -0.4 is 5.73 Å². The molecule has 2 fully saturated rings. The minimum atomic E-state index is -0.346. The zero-order valence-electron chi connectivity index (χ0n) is 11.0. The van der Waals surface area contributed by atoms with E-state index in [0.29, 0.717) is 0 Å². The fourth-order valence-electron chi connectivity index (χ4n) is 2.62. The van der Waals surface area contributed by atoms with E-state index in [0.717, 1.165) is 49.7 Å². The Kier molecular flexibility index (Phi) is 3.50. The van der Waals surface area contributed by atoms with Crippen LogP contribution in [0.1, 0.15) is 37.1 Å². The van der Waals surface area contributed by atoms with Gasteiger partial charge in [-0.05, 0) is 38.0 Å². The molecule has 6 heteroatoms. The molecule has 104 valence electrons. The van der Waals surface area contributed by atoms with Crippen molar-refractivity contribution in [3.63, 3.8) is 0 Å². The molecule has 2 aliphatic rings. The van der Waals surface area contributed by atoms with Crippen LogP contribution in [0.15, 0.2) is 0 Å². The number of ether oxygens (including phenoxy) is 1. The number of nitrogens with zero attached hydrogens (tertiary/aromatic N) is 3. The summed E-state index contributed by atoms with van der Waals surface area (Å²) in [6.07, 6.45) is 6.11. The Morgan fingerprint density at radius 3 is 2.89 bits per heavy atom. The average molecular weight is 264 g/mol. The van der Waals surface area contributed by atoms with Crippen LogP contribution in [0.25, 0.3) is 0 Å². The molecule has 2 heterocycles. The molecular weight excluding hydrogens is 244 g/mol. The summed E-state index contributed by atoms with van der Waals surface area (Å²) in [5, 5.41) is 8.33. The number of carbonyl (C=O) groups is 1. The summed E-state index contributed by atoms with van der Waals surface area (Å²) in [5.41, 5.74) is 7.10. The molecule has 1 aromatic rings. The van der Waals surface area contributed by atoms with Crippen molar-refractivity contribution in [3.8, 4) is 0 Å². The molecule has 1 amide bonds. The van der Waals surface area contributed by atoms with Crippen molar-refractivity contribution in [1.29, 1.82) is 0 Å². The number of primary amides is 1. The van der Waals surface area contributed by atoms with Crippen LogP contribution in [0.4, 0.5) is 0 Å². The van der Waals surface area contributed by atoms with Gasteiger partial charge in [-0.3, -0.25) is 4.79 Å². The number of hydrogen-bond acceptors (Lipinski definition) is 4. The fraction of sp³-hybridized carbons (Fsp3) is 0.769. The lowest BCUT2D eigenvalue weighted by molar-refractivity contribution is -0.117. The molecule has 1 saturated carbocycles. The summed E-state index contributed by atoms with van der Waals surface area (Å²) in [7, 11) is 0. The summed E-state index contributed by atoms with van der Waals surface area (Å²) >= 11 is 0. The Balaban J connectivity index is 1.76. The molecule has 1 atom stereocenters. The van der Waals surface area contributed by atoms with Crippen molar-refractivity contribution in [1.82, 2.24) is 15.0 Å². The lowest BCUT2D eigenvalue weighted by atomic mass is 10.1. The highest BCUT2D eigenvalue weighted by Gasteiger charge is 2.27. The molecule has 0 radical (unpaired) electrons. The van der Waals surface area contributed by atoms with Gasteiger partial charge >= 0.3 is 0 Å². The summed E-state index contributed by atoms with van der Waals surface area (Å²) in [4.78, 5) is 11.1. The number of rotatable bonds is 6. The van der Waals surface area contributed by atoms with E-state index in [1.165, 1.54) is 12.8 Å². The van der Waals surface area contributed by atoms with Crippen LogP contribution in [-0.2, 0) is 28.9 Å². The van der Waals surface area contributed by atoms with Crippen molar-refractivity contribution in [2.45, 2.75) is 51.2 Å². The van der Waals surface area contributed by atoms with E-state index in [9.17, 15) is 4.79 Å². The first kappa shape index (κ1) is 12.6. The van der Waals surface area contributed by atoms with Crippen molar-refractivity contribution in [3.05, 3.63) is 11.4 Å². The number of hydrogen-bond donors (Lipinski definition) is 1. The third-order valence-electron chi connectivity index (χ3n) is 3.84. The Hall–Kier alpha value is -1.43. The van der Waals surface area contributed by atoms with Gasteiger partial charge < -0.3 is 10.5 Å². The minimum absolute atomic E-state index is 0.188. The van der Waals surface area contributed by atoms with Gasteiger partial charge in [-0.1, -0.05) is 5.21 Å². The molecule has 1 unspecified atom stereocenters. The number of aromatic nitrogens is 3. The maximum absolute atomic E-state index is 11.1. The summed E-state index contributed by atoms with van der Waals surface area (Å²) in [6, 6.07) is 0. The highest BCUT2D eigenvalue weighted by Crippen LogP contribution is 2.33. The quantitative estimate of drug-likeness (QED) is 0.808. The Morgan fingerprint density at radius 2 is 2.26 bits per heavy atom. The molecule has 19 heavy (non-hydrogen) atoms. The van der Waals surface area contributed by atoms with E-state index in [-0.39, 0.29) is 18.4 Å². The largest absolute Gasteiger partial charge is 0.376 e. The Labute approximate surface area is 112 Å². The third-order valence-corrected chi connectivity index (χ3v) is 3.84. The van der Waals surface area contributed by atoms with Crippen LogP contribution in [0.2, 0.25) is 0 Å². The van der Waals surface area contributed by atoms with Gasteiger partial charge in [0.25, 0.3) is 0 Å². The molecule has 0 bridgehead atoms. The monoisotopic (exact) mass is 264 g/mol. The van der Waals surface area contributed by atoms with E-state index >= 15 is 0 Å². The van der Waals surface area contributed by atoms with Crippen LogP contribution in [0.5, 0.6) is 0 Å². The van der Waals surface area contributed by atoms with Gasteiger partial charge in [-0.25, -0.2) is 4.68 Å². The molecule has 0 spiro atoms. The molecule has 0 aromatic carbocycles. The SMILES string of the molecule is NC(=O)Cc1nnn(CC2CCCO2)c1CC1CC1. The van der Waals surface area contributed by atoms with E-state index in [1.54, 1.807) is 0 Å². The average Bonchev–Trinajstić information content (AvgIpc) is 2.90. The number of amides is 1. The van der Waals surface area contributed by atoms with E-state index in [4.69, 9.17) is 10.5 Å². The maximum atomic E-state index is 11.1. The van der Waals surface area contributed by atoms with Gasteiger partial charge in [0.1, 0.15) is 0 Å². The van der Waals surface area contributed by atoms with Crippen LogP contribution in [0, 0.1) is 5.92 Å². The van der Waals surface area contributed by atoms with Gasteiger partial charge in [-0.2, -0.15) is 0 Å². The van der Waals surface area contributed by atoms with Crippen molar-refractivity contribution in [2.24, 2.45) is 11.7 Å². The van der Waals surface area contributed by atoms with E-state index in [2.05, 4.69) is 10.3 Å². The van der Waals surface area contributed by atoms with Crippen molar-refractivity contribution < 1.29 is 9.53 Å². The van der Waals surface area contributed by atoms with Gasteiger partial charge in [0.2, 0.25) is 5.91 Å². The fourth-order valence-corrected chi connectivity index (χ4v) is 2.62. The molecule has 1 aromatic heterocycles. The second kappa shape index (κ2) is 5.28. The molecule has 1 saturated heterocycles. The first-order valence-electron chi connectivity index (χ1n) is 7.03. The standard InChI is InChI=1S/C13H20N4O2/c14-13(18)7-11-12(6-9-3-4-9)17(16-15-11)8-10-2-1-5-19-10/h9-10H,1-8H2,(H2,14,18). The molecular formula is C13H20N4O2. The van der Waals surface area contributed by atoms with Crippen LogP contribution in [0.3, 0.4) is 0 Å². The Morgan fingerprint density at radius 1 is 1.42 bits per heavy atom. The molecule has 1 aliphatic carbocycles. The lowest BCUT2D eigenvalue weighted by Gasteiger charge is -2.12. The zero-order chi connectivity index (χ0) is 13.2. The topological polar surface area (TPSA) is 83.0 Å². The normalized spacial score (nSPS) is 22.8. The maximum Gasteiger partial charge on any atom is 0.223 e. The second-order valence-corrected chi connectivity index (χ2v) is 5.59. The number of nitrogens with two attached hydrogens (primary N) is 1. The zero-order valence-corrected chi connectivity index (χ0v) is 11.0. The molecule has 1 aliphatic heterocycles. The van der Waals surface area contributed by atoms with Crippen molar-refractivity contribution in [2.75, 3.05) is 6.61 Å². The van der Waals surface area contributed by atoms with Crippen LogP contribution >= 0.6 is 0 Å². The second-order valence-electron chi connectivity index (χ2n) is 5.59. The van der Waals surface area contributed by atoms with Crippen molar-refractivity contribution >= 4 is 5.91 Å². The Bertz CT molecular complexity index is 461. The van der Waals surface area contributed by atoms with Gasteiger partial charge in [0.15, 0.2) is 0 Å². The minimum Gasteiger partial charge on any atom is -0.376 e. The molecule has 6 nitrogen and oxygen atoms in total. The summed E-state index contributed by atoms with van der Waals surface area (Å²) in [6.45, 7) is 1.58. The molecule has 3 rings (SSSR count).